The number of aliphatic carboxylic acids is 3. The van der Waals surface area contributed by atoms with Gasteiger partial charge in [-0.3, -0.25) is 4.79 Å². The Balaban J connectivity index is 0.000000632. The lowest BCUT2D eigenvalue weighted by molar-refractivity contribution is -0.193. The Hall–Kier alpha value is -6.10. The van der Waals surface area contributed by atoms with Crippen LogP contribution in [0.25, 0.3) is 10.9 Å². The molecule has 1 aliphatic rings. The largest absolute Gasteiger partial charge is 0.490 e. The number of carbonyl (C=O) groups is 4. The van der Waals surface area contributed by atoms with E-state index in [4.69, 9.17) is 41.2 Å². The molecule has 2 aromatic carbocycles. The molecule has 1 saturated carbocycles. The third-order valence-electron chi connectivity index (χ3n) is 7.30. The van der Waals surface area contributed by atoms with Crippen LogP contribution in [0.5, 0.6) is 0 Å². The van der Waals surface area contributed by atoms with Gasteiger partial charge in [0.2, 0.25) is 5.82 Å². The molecule has 9 N–H and O–H groups in total. The molecule has 0 spiro atoms. The van der Waals surface area contributed by atoms with Crippen molar-refractivity contribution < 1.29 is 74.0 Å². The Bertz CT molecular complexity index is 1770. The molecule has 1 aliphatic carbocycles. The van der Waals surface area contributed by atoms with Crippen molar-refractivity contribution in [2.24, 2.45) is 16.5 Å². The van der Waals surface area contributed by atoms with E-state index in [9.17, 15) is 44.3 Å². The Kier molecular flexibility index (Phi) is 18.8. The SMILES string of the molecule is Cc1ccc2nc(C(=O)NCCCN(C)c3ccccc3)nc(NC3CCCCC3N=C(N)N)c2c1.O=C(O)C(F)(F)F.O=C(O)C(F)(F)F.O=C(O)C(F)(F)F. The summed E-state index contributed by atoms with van der Waals surface area (Å²) in [6.07, 6.45) is -10.5. The average molecular weight is 831 g/mol. The van der Waals surface area contributed by atoms with E-state index in [0.717, 1.165) is 60.8 Å². The quantitative estimate of drug-likeness (QED) is 0.0644. The van der Waals surface area contributed by atoms with E-state index in [-0.39, 0.29) is 29.8 Å². The van der Waals surface area contributed by atoms with Crippen molar-refractivity contribution in [3.05, 3.63) is 59.9 Å². The molecule has 3 aromatic rings. The standard InChI is InChI=1S/C27H36N8O.3C2HF3O2/c1-18-13-14-21-20(17-18)24(32-22-11-6-7-12-23(22)33-27(28)29)34-25(31-21)26(36)30-15-8-16-35(2)19-9-4-3-5-10-19;3*3-2(4,5)1(6)7/h3-5,9-10,13-14,17,22-23H,6-8,11-12,15-16H2,1-2H3,(H,30,36)(H4,28,29,33)(H,31,32,34);3*(H,6,7). The number of fused-ring (bicyclic) bond motifs is 1. The van der Waals surface area contributed by atoms with E-state index in [0.29, 0.717) is 12.4 Å². The number of nitrogens with one attached hydrogen (secondary N) is 2. The predicted molar refractivity (Wildman–Crippen MR) is 187 cm³/mol. The van der Waals surface area contributed by atoms with E-state index < -0.39 is 36.4 Å². The molecule has 316 valence electrons. The maximum absolute atomic E-state index is 13.0. The van der Waals surface area contributed by atoms with Gasteiger partial charge in [-0.1, -0.05) is 42.7 Å². The smallest absolute Gasteiger partial charge is 0.475 e. The molecule has 24 heteroatoms. The molecule has 15 nitrogen and oxygen atoms in total. The van der Waals surface area contributed by atoms with Crippen LogP contribution in [0.1, 0.15) is 48.3 Å². The van der Waals surface area contributed by atoms with Crippen LogP contribution in [0, 0.1) is 6.92 Å². The number of rotatable bonds is 9. The highest BCUT2D eigenvalue weighted by Gasteiger charge is 2.39. The van der Waals surface area contributed by atoms with Crippen LogP contribution in [0.4, 0.5) is 51.0 Å². The van der Waals surface area contributed by atoms with Gasteiger partial charge in [0.25, 0.3) is 5.91 Å². The van der Waals surface area contributed by atoms with E-state index in [1.54, 1.807) is 0 Å². The highest BCUT2D eigenvalue weighted by atomic mass is 19.4. The lowest BCUT2D eigenvalue weighted by Crippen LogP contribution is -2.38. The molecule has 0 radical (unpaired) electrons. The van der Waals surface area contributed by atoms with Crippen molar-refractivity contribution in [2.75, 3.05) is 30.4 Å². The van der Waals surface area contributed by atoms with Crippen molar-refractivity contribution in [3.8, 4) is 0 Å². The minimum atomic E-state index is -5.08. The summed E-state index contributed by atoms with van der Waals surface area (Å²) in [4.78, 5) is 55.5. The van der Waals surface area contributed by atoms with Gasteiger partial charge in [-0.2, -0.15) is 39.5 Å². The number of aryl methyl sites for hydroxylation is 1. The first-order chi connectivity index (χ1) is 26.2. The second kappa shape index (κ2) is 21.8. The number of anilines is 2. The number of carbonyl (C=O) groups excluding carboxylic acids is 1. The zero-order valence-electron chi connectivity index (χ0n) is 30.0. The zero-order chi connectivity index (χ0) is 43.7. The van der Waals surface area contributed by atoms with Crippen molar-refractivity contribution >= 4 is 52.2 Å². The van der Waals surface area contributed by atoms with Crippen LogP contribution in [-0.4, -0.2) is 106 Å². The number of carboxylic acid groups (broad SMARTS) is 3. The molecular weight excluding hydrogens is 791 g/mol. The van der Waals surface area contributed by atoms with E-state index in [1.807, 2.05) is 50.4 Å². The summed E-state index contributed by atoms with van der Waals surface area (Å²) in [7, 11) is 2.05. The van der Waals surface area contributed by atoms with E-state index in [1.165, 1.54) is 0 Å². The number of nitrogens with zero attached hydrogens (tertiary/aromatic N) is 4. The maximum Gasteiger partial charge on any atom is 0.490 e. The fourth-order valence-corrected chi connectivity index (χ4v) is 4.66. The van der Waals surface area contributed by atoms with Gasteiger partial charge >= 0.3 is 36.4 Å². The first-order valence-electron chi connectivity index (χ1n) is 16.3. The number of guanidine groups is 1. The number of benzene rings is 2. The summed E-state index contributed by atoms with van der Waals surface area (Å²) in [6, 6.07) is 16.1. The number of hydrogen-bond acceptors (Lipinski definition) is 9. The average Bonchev–Trinajstić information content (AvgIpc) is 3.10. The maximum atomic E-state index is 13.0. The van der Waals surface area contributed by atoms with Crippen LogP contribution in [0.15, 0.2) is 53.5 Å². The number of hydrogen-bond donors (Lipinski definition) is 7. The molecule has 0 saturated heterocycles. The van der Waals surface area contributed by atoms with Gasteiger partial charge in [-0.05, 0) is 50.5 Å². The van der Waals surface area contributed by atoms with Gasteiger partial charge in [0.1, 0.15) is 5.82 Å². The van der Waals surface area contributed by atoms with Crippen molar-refractivity contribution in [1.29, 1.82) is 0 Å². The number of aliphatic imine (C=N–C) groups is 1. The summed E-state index contributed by atoms with van der Waals surface area (Å²) >= 11 is 0. The number of aromatic nitrogens is 2. The number of alkyl halides is 9. The van der Waals surface area contributed by atoms with Crippen LogP contribution < -0.4 is 27.0 Å². The Labute approximate surface area is 318 Å². The minimum Gasteiger partial charge on any atom is -0.475 e. The fourth-order valence-electron chi connectivity index (χ4n) is 4.66. The monoisotopic (exact) mass is 830 g/mol. The van der Waals surface area contributed by atoms with Crippen LogP contribution in [0.3, 0.4) is 0 Å². The molecule has 57 heavy (non-hydrogen) atoms. The molecule has 4 rings (SSSR count). The zero-order valence-corrected chi connectivity index (χ0v) is 30.0. The molecule has 1 fully saturated rings. The van der Waals surface area contributed by atoms with Gasteiger partial charge < -0.3 is 42.3 Å². The lowest BCUT2D eigenvalue weighted by Gasteiger charge is -2.30. The summed E-state index contributed by atoms with van der Waals surface area (Å²) < 4.78 is 95.2. The number of carboxylic acids is 3. The fraction of sp³-hybridized carbons (Fsp3) is 0.424. The van der Waals surface area contributed by atoms with Gasteiger partial charge in [-0.25, -0.2) is 29.3 Å². The molecular formula is C33H39F9N8O7. The van der Waals surface area contributed by atoms with E-state index in [2.05, 4.69) is 42.6 Å². The molecule has 1 aromatic heterocycles. The summed E-state index contributed by atoms with van der Waals surface area (Å²) in [5.74, 6) is -7.67. The molecule has 2 unspecified atom stereocenters. The second-order valence-corrected chi connectivity index (χ2v) is 11.8. The predicted octanol–water partition coefficient (Wildman–Crippen LogP) is 5.09. The summed E-state index contributed by atoms with van der Waals surface area (Å²) in [5, 5.41) is 28.8. The molecule has 1 heterocycles. The first-order valence-corrected chi connectivity index (χ1v) is 16.3. The van der Waals surface area contributed by atoms with E-state index >= 15 is 0 Å². The minimum absolute atomic E-state index is 0.0301. The lowest BCUT2D eigenvalue weighted by atomic mass is 9.90. The van der Waals surface area contributed by atoms with Crippen molar-refractivity contribution in [3.63, 3.8) is 0 Å². The number of para-hydroxylation sites is 1. The number of amides is 1. The highest BCUT2D eigenvalue weighted by Crippen LogP contribution is 2.28. The normalized spacial score (nSPS) is 15.1. The molecule has 2 atom stereocenters. The highest BCUT2D eigenvalue weighted by molar-refractivity contribution is 5.96. The third-order valence-corrected chi connectivity index (χ3v) is 7.30. The number of nitrogens with two attached hydrogens (primary N) is 2. The van der Waals surface area contributed by atoms with Crippen molar-refractivity contribution in [1.82, 2.24) is 15.3 Å². The topological polar surface area (TPSA) is 246 Å². The van der Waals surface area contributed by atoms with Crippen LogP contribution in [0.2, 0.25) is 0 Å². The third kappa shape index (κ3) is 18.4. The molecule has 0 bridgehead atoms. The van der Waals surface area contributed by atoms with Crippen LogP contribution >= 0.6 is 0 Å². The van der Waals surface area contributed by atoms with Crippen LogP contribution in [-0.2, 0) is 14.4 Å². The Morgan fingerprint density at radius 3 is 1.82 bits per heavy atom. The summed E-state index contributed by atoms with van der Waals surface area (Å²) in [5.41, 5.74) is 14.3. The van der Waals surface area contributed by atoms with Gasteiger partial charge in [-0.15, -0.1) is 0 Å². The van der Waals surface area contributed by atoms with Gasteiger partial charge in [0.05, 0.1) is 17.6 Å². The van der Waals surface area contributed by atoms with Crippen molar-refractivity contribution in [2.45, 2.75) is 69.6 Å². The summed E-state index contributed by atoms with van der Waals surface area (Å²) in [6.45, 7) is 3.38. The Morgan fingerprint density at radius 1 is 0.825 bits per heavy atom. The molecule has 1 amide bonds. The number of halogens is 9. The van der Waals surface area contributed by atoms with Gasteiger partial charge in [0, 0.05) is 31.2 Å². The second-order valence-electron chi connectivity index (χ2n) is 11.8. The van der Waals surface area contributed by atoms with Gasteiger partial charge in [0.15, 0.2) is 5.96 Å². The first kappa shape index (κ1) is 48.9. The Morgan fingerprint density at radius 2 is 1.33 bits per heavy atom. The molecule has 0 aliphatic heterocycles.